The summed E-state index contributed by atoms with van der Waals surface area (Å²) in [5, 5.41) is 10.6. The van der Waals surface area contributed by atoms with E-state index in [2.05, 4.69) is 114 Å². The Balaban J connectivity index is 1.77. The maximum atomic E-state index is 2.38. The standard InChI is InChI=1S/C30H30/c1-29(2,3)23-11-13-25-19(15-23)7-9-21-18-28-22(17-27(21)25)10-8-20-16-24(30(4,5)6)12-14-26(20)28/h7-18H,1-6H3. The lowest BCUT2D eigenvalue weighted by atomic mass is 9.84. The predicted molar refractivity (Wildman–Crippen MR) is 134 cm³/mol. The molecule has 0 aliphatic carbocycles. The van der Waals surface area contributed by atoms with Crippen LogP contribution in [0.2, 0.25) is 0 Å². The molecule has 0 atom stereocenters. The summed E-state index contributed by atoms with van der Waals surface area (Å²) < 4.78 is 0. The molecule has 0 aliphatic heterocycles. The van der Waals surface area contributed by atoms with Gasteiger partial charge >= 0.3 is 0 Å². The van der Waals surface area contributed by atoms with E-state index in [1.807, 2.05) is 0 Å². The first kappa shape index (κ1) is 19.1. The molecule has 0 heteroatoms. The molecule has 0 N–H and O–H groups in total. The van der Waals surface area contributed by atoms with Crippen molar-refractivity contribution in [3.63, 3.8) is 0 Å². The molecule has 0 aromatic heterocycles. The normalized spacial score (nSPS) is 13.0. The first-order valence-corrected chi connectivity index (χ1v) is 11.0. The van der Waals surface area contributed by atoms with Crippen LogP contribution in [0.1, 0.15) is 52.7 Å². The van der Waals surface area contributed by atoms with Crippen LogP contribution < -0.4 is 0 Å². The van der Waals surface area contributed by atoms with Gasteiger partial charge in [0, 0.05) is 0 Å². The third kappa shape index (κ3) is 3.06. The van der Waals surface area contributed by atoms with Crippen LogP contribution in [0.3, 0.4) is 0 Å². The van der Waals surface area contributed by atoms with Crippen molar-refractivity contribution in [2.24, 2.45) is 0 Å². The van der Waals surface area contributed by atoms with Gasteiger partial charge in [0.25, 0.3) is 0 Å². The van der Waals surface area contributed by atoms with Gasteiger partial charge in [0.15, 0.2) is 0 Å². The van der Waals surface area contributed by atoms with Crippen LogP contribution in [0.25, 0.3) is 43.1 Å². The van der Waals surface area contributed by atoms with E-state index >= 15 is 0 Å². The number of hydrogen-bond acceptors (Lipinski definition) is 0. The third-order valence-electron chi connectivity index (χ3n) is 6.52. The average molecular weight is 391 g/mol. The number of rotatable bonds is 0. The van der Waals surface area contributed by atoms with E-state index in [0.29, 0.717) is 0 Å². The molecule has 0 nitrogen and oxygen atoms in total. The molecule has 0 radical (unpaired) electrons. The highest BCUT2D eigenvalue weighted by Gasteiger charge is 2.16. The first-order valence-electron chi connectivity index (χ1n) is 11.0. The van der Waals surface area contributed by atoms with E-state index in [9.17, 15) is 0 Å². The van der Waals surface area contributed by atoms with Crippen molar-refractivity contribution in [1.29, 1.82) is 0 Å². The molecule has 0 fully saturated rings. The minimum Gasteiger partial charge on any atom is -0.0578 e. The zero-order valence-electron chi connectivity index (χ0n) is 18.9. The second-order valence-corrected chi connectivity index (χ2v) is 10.8. The molecule has 0 aliphatic rings. The quantitative estimate of drug-likeness (QED) is 0.183. The summed E-state index contributed by atoms with van der Waals surface area (Å²) in [6, 6.07) is 27.8. The zero-order chi connectivity index (χ0) is 21.3. The molecule has 30 heavy (non-hydrogen) atoms. The van der Waals surface area contributed by atoms with Crippen LogP contribution in [0.15, 0.2) is 72.8 Å². The Kier molecular flexibility index (Phi) is 4.03. The van der Waals surface area contributed by atoms with E-state index in [1.165, 1.54) is 54.2 Å². The van der Waals surface area contributed by atoms with Gasteiger partial charge in [-0.25, -0.2) is 0 Å². The summed E-state index contributed by atoms with van der Waals surface area (Å²) >= 11 is 0. The first-order chi connectivity index (χ1) is 14.1. The Bertz CT molecular complexity index is 1320. The third-order valence-corrected chi connectivity index (χ3v) is 6.52. The Hall–Kier alpha value is -2.86. The molecule has 0 spiro atoms. The molecule has 0 unspecified atom stereocenters. The molecule has 0 saturated heterocycles. The highest BCUT2D eigenvalue weighted by Crippen LogP contribution is 2.36. The van der Waals surface area contributed by atoms with Crippen molar-refractivity contribution >= 4 is 43.1 Å². The molecule has 0 bridgehead atoms. The van der Waals surface area contributed by atoms with Crippen molar-refractivity contribution in [3.05, 3.63) is 83.9 Å². The van der Waals surface area contributed by atoms with Gasteiger partial charge in [0.05, 0.1) is 0 Å². The Labute approximate surface area is 179 Å². The predicted octanol–water partition coefficient (Wildman–Crippen LogP) is 8.89. The lowest BCUT2D eigenvalue weighted by Gasteiger charge is -2.20. The second kappa shape index (κ2) is 6.32. The van der Waals surface area contributed by atoms with Gasteiger partial charge in [0.2, 0.25) is 0 Å². The molecule has 150 valence electrons. The second-order valence-electron chi connectivity index (χ2n) is 10.8. The largest absolute Gasteiger partial charge is 0.0578 e. The number of benzene rings is 5. The van der Waals surface area contributed by atoms with Crippen LogP contribution in [0.5, 0.6) is 0 Å². The summed E-state index contributed by atoms with van der Waals surface area (Å²) in [7, 11) is 0. The summed E-state index contributed by atoms with van der Waals surface area (Å²) in [4.78, 5) is 0. The van der Waals surface area contributed by atoms with Gasteiger partial charge < -0.3 is 0 Å². The summed E-state index contributed by atoms with van der Waals surface area (Å²) in [5.41, 5.74) is 3.10. The Morgan fingerprint density at radius 1 is 0.367 bits per heavy atom. The minimum atomic E-state index is 0.164. The van der Waals surface area contributed by atoms with E-state index in [0.717, 1.165) is 0 Å². The van der Waals surface area contributed by atoms with Gasteiger partial charge in [-0.05, 0) is 77.2 Å². The van der Waals surface area contributed by atoms with E-state index in [4.69, 9.17) is 0 Å². The highest BCUT2D eigenvalue weighted by atomic mass is 14.2. The average Bonchev–Trinajstić information content (AvgIpc) is 2.70. The topological polar surface area (TPSA) is 0 Å². The molecular weight excluding hydrogens is 360 g/mol. The molecule has 5 aromatic rings. The van der Waals surface area contributed by atoms with Gasteiger partial charge in [-0.2, -0.15) is 0 Å². The van der Waals surface area contributed by atoms with E-state index in [1.54, 1.807) is 0 Å². The summed E-state index contributed by atoms with van der Waals surface area (Å²) in [5.74, 6) is 0. The Morgan fingerprint density at radius 3 is 1.03 bits per heavy atom. The van der Waals surface area contributed by atoms with Gasteiger partial charge in [-0.1, -0.05) is 102 Å². The fourth-order valence-electron chi connectivity index (χ4n) is 4.56. The van der Waals surface area contributed by atoms with Gasteiger partial charge in [0.1, 0.15) is 0 Å². The maximum Gasteiger partial charge on any atom is -0.00990 e. The number of hydrogen-bond donors (Lipinski definition) is 0. The van der Waals surface area contributed by atoms with Crippen LogP contribution in [-0.4, -0.2) is 0 Å². The summed E-state index contributed by atoms with van der Waals surface area (Å²) in [6.07, 6.45) is 0. The van der Waals surface area contributed by atoms with Crippen LogP contribution in [0.4, 0.5) is 0 Å². The molecule has 0 heterocycles. The van der Waals surface area contributed by atoms with Crippen LogP contribution in [-0.2, 0) is 10.8 Å². The monoisotopic (exact) mass is 390 g/mol. The smallest absolute Gasteiger partial charge is 0.00990 e. The minimum absolute atomic E-state index is 0.164. The SMILES string of the molecule is CC(C)(C)c1ccc2c(ccc3cc4c(ccc5cc(C(C)(C)C)ccc54)cc32)c1. The van der Waals surface area contributed by atoms with Crippen molar-refractivity contribution in [3.8, 4) is 0 Å². The van der Waals surface area contributed by atoms with Crippen molar-refractivity contribution in [2.45, 2.75) is 52.4 Å². The number of fused-ring (bicyclic) bond motifs is 6. The lowest BCUT2D eigenvalue weighted by molar-refractivity contribution is 0.591. The van der Waals surface area contributed by atoms with Crippen molar-refractivity contribution in [2.75, 3.05) is 0 Å². The molecule has 0 amide bonds. The summed E-state index contributed by atoms with van der Waals surface area (Å²) in [6.45, 7) is 13.7. The molecular formula is C30H30. The molecule has 0 saturated carbocycles. The van der Waals surface area contributed by atoms with Gasteiger partial charge in [-0.15, -0.1) is 0 Å². The molecule has 5 aromatic carbocycles. The fourth-order valence-corrected chi connectivity index (χ4v) is 4.56. The lowest BCUT2D eigenvalue weighted by Crippen LogP contribution is -2.10. The highest BCUT2D eigenvalue weighted by molar-refractivity contribution is 6.17. The zero-order valence-corrected chi connectivity index (χ0v) is 18.9. The Morgan fingerprint density at radius 2 is 0.700 bits per heavy atom. The van der Waals surface area contributed by atoms with Gasteiger partial charge in [-0.3, -0.25) is 0 Å². The van der Waals surface area contributed by atoms with Crippen molar-refractivity contribution < 1.29 is 0 Å². The van der Waals surface area contributed by atoms with Crippen molar-refractivity contribution in [1.82, 2.24) is 0 Å². The van der Waals surface area contributed by atoms with Crippen LogP contribution in [0, 0.1) is 0 Å². The van der Waals surface area contributed by atoms with E-state index in [-0.39, 0.29) is 10.8 Å². The molecule has 5 rings (SSSR count). The fraction of sp³-hybridized carbons (Fsp3) is 0.267. The van der Waals surface area contributed by atoms with Crippen LogP contribution >= 0.6 is 0 Å². The van der Waals surface area contributed by atoms with E-state index < -0.39 is 0 Å². The maximum absolute atomic E-state index is 2.38.